The van der Waals surface area contributed by atoms with Crippen LogP contribution in [0.5, 0.6) is 17.2 Å². The third-order valence-electron chi connectivity index (χ3n) is 5.71. The molecule has 36 heavy (non-hydrogen) atoms. The molecule has 0 bridgehead atoms. The highest BCUT2D eigenvalue weighted by Crippen LogP contribution is 2.43. The molecule has 1 aliphatic heterocycles. The summed E-state index contributed by atoms with van der Waals surface area (Å²) in [5.74, 6) is -0.296. The van der Waals surface area contributed by atoms with Gasteiger partial charge in [0.2, 0.25) is 0 Å². The van der Waals surface area contributed by atoms with Crippen molar-refractivity contribution < 1.29 is 28.9 Å². The number of hydrogen-bond acceptors (Lipinski definition) is 7. The van der Waals surface area contributed by atoms with E-state index in [2.05, 4.69) is 4.98 Å². The van der Waals surface area contributed by atoms with Gasteiger partial charge in [-0.25, -0.2) is 0 Å². The Morgan fingerprint density at radius 2 is 1.47 bits per heavy atom. The number of ketones is 1. The number of benzene rings is 2. The minimum absolute atomic E-state index is 0.0369. The van der Waals surface area contributed by atoms with Gasteiger partial charge in [0.1, 0.15) is 23.0 Å². The predicted octanol–water partition coefficient (Wildman–Crippen LogP) is 4.90. The zero-order valence-corrected chi connectivity index (χ0v) is 20.4. The number of nitrogens with zero attached hydrogens (tertiary/aromatic N) is 2. The number of ether oxygens (including phenoxy) is 3. The van der Waals surface area contributed by atoms with Crippen LogP contribution in [0, 0.1) is 0 Å². The lowest BCUT2D eigenvalue weighted by Gasteiger charge is -2.25. The smallest absolute Gasteiger partial charge is 0.300 e. The van der Waals surface area contributed by atoms with Gasteiger partial charge in [-0.05, 0) is 74.9 Å². The molecule has 4 rings (SSSR count). The summed E-state index contributed by atoms with van der Waals surface area (Å²) < 4.78 is 16.8. The summed E-state index contributed by atoms with van der Waals surface area (Å²) in [5, 5.41) is 11.5. The molecule has 0 radical (unpaired) electrons. The van der Waals surface area contributed by atoms with Gasteiger partial charge in [-0.3, -0.25) is 19.5 Å². The Hall–Kier alpha value is -4.33. The minimum Gasteiger partial charge on any atom is -0.507 e. The fraction of sp³-hybridized carbons (Fsp3) is 0.250. The summed E-state index contributed by atoms with van der Waals surface area (Å²) in [7, 11) is 0. The largest absolute Gasteiger partial charge is 0.507 e. The van der Waals surface area contributed by atoms with Gasteiger partial charge < -0.3 is 19.3 Å². The lowest BCUT2D eigenvalue weighted by molar-refractivity contribution is -0.132. The molecule has 2 heterocycles. The topological polar surface area (TPSA) is 98.2 Å². The number of anilines is 1. The molecule has 0 aliphatic carbocycles. The van der Waals surface area contributed by atoms with Crippen molar-refractivity contribution in [1.29, 1.82) is 0 Å². The lowest BCUT2D eigenvalue weighted by atomic mass is 9.95. The second-order valence-corrected chi connectivity index (χ2v) is 7.90. The highest BCUT2D eigenvalue weighted by molar-refractivity contribution is 6.51. The number of aliphatic hydroxyl groups excluding tert-OH is 1. The fourth-order valence-corrected chi connectivity index (χ4v) is 4.20. The van der Waals surface area contributed by atoms with E-state index in [9.17, 15) is 14.7 Å². The van der Waals surface area contributed by atoms with Crippen molar-refractivity contribution in [2.45, 2.75) is 26.8 Å². The molecular weight excluding hydrogens is 460 g/mol. The normalized spacial score (nSPS) is 16.8. The quantitative estimate of drug-likeness (QED) is 0.260. The van der Waals surface area contributed by atoms with Gasteiger partial charge in [0.25, 0.3) is 11.7 Å². The summed E-state index contributed by atoms with van der Waals surface area (Å²) in [6, 6.07) is 14.4. The average Bonchev–Trinajstić information content (AvgIpc) is 3.16. The number of hydrogen-bond donors (Lipinski definition) is 1. The van der Waals surface area contributed by atoms with Crippen molar-refractivity contribution in [3.63, 3.8) is 0 Å². The SMILES string of the molecule is CCOc1ccc(N2C(=O)C(=O)/C(=C(\O)c3ccc(OCC)cc3OCC)C2c2ccncc2)cc1. The van der Waals surface area contributed by atoms with E-state index in [1.54, 1.807) is 67.0 Å². The molecule has 2 aromatic carbocycles. The number of carbonyl (C=O) groups excluding carboxylic acids is 2. The Balaban J connectivity index is 1.88. The first-order chi connectivity index (χ1) is 17.5. The first-order valence-corrected chi connectivity index (χ1v) is 11.8. The van der Waals surface area contributed by atoms with Crippen LogP contribution in [0.1, 0.15) is 37.9 Å². The third-order valence-corrected chi connectivity index (χ3v) is 5.71. The van der Waals surface area contributed by atoms with Crippen LogP contribution in [0.4, 0.5) is 5.69 Å². The number of aliphatic hydroxyl groups is 1. The van der Waals surface area contributed by atoms with Gasteiger partial charge in [-0.1, -0.05) is 0 Å². The molecule has 0 spiro atoms. The van der Waals surface area contributed by atoms with Crippen LogP contribution in [-0.2, 0) is 9.59 Å². The maximum atomic E-state index is 13.4. The second-order valence-electron chi connectivity index (χ2n) is 7.90. The standard InChI is InChI=1S/C28H28N2O6/c1-4-34-20-9-7-19(8-10-20)30-25(18-13-15-29-16-14-18)24(27(32)28(30)33)26(31)22-12-11-21(35-5-2)17-23(22)36-6-3/h7-17,25,31H,4-6H2,1-3H3/b26-24-. The van der Waals surface area contributed by atoms with Gasteiger partial charge in [0, 0.05) is 24.1 Å². The molecule has 1 N–H and O–H groups in total. The molecule has 0 saturated carbocycles. The van der Waals surface area contributed by atoms with Crippen LogP contribution < -0.4 is 19.1 Å². The maximum absolute atomic E-state index is 13.4. The zero-order valence-electron chi connectivity index (χ0n) is 20.4. The van der Waals surface area contributed by atoms with E-state index < -0.39 is 17.7 Å². The predicted molar refractivity (Wildman–Crippen MR) is 135 cm³/mol. The number of rotatable bonds is 9. The van der Waals surface area contributed by atoms with Crippen molar-refractivity contribution >= 4 is 23.1 Å². The third kappa shape index (κ3) is 4.75. The molecular formula is C28H28N2O6. The lowest BCUT2D eigenvalue weighted by Crippen LogP contribution is -2.29. The molecule has 1 amide bonds. The van der Waals surface area contributed by atoms with Crippen LogP contribution in [-0.4, -0.2) is 41.6 Å². The van der Waals surface area contributed by atoms with E-state index in [0.29, 0.717) is 53.9 Å². The van der Waals surface area contributed by atoms with Crippen LogP contribution in [0.2, 0.25) is 0 Å². The monoisotopic (exact) mass is 488 g/mol. The van der Waals surface area contributed by atoms with Crippen molar-refractivity contribution in [2.24, 2.45) is 0 Å². The molecule has 1 atom stereocenters. The van der Waals surface area contributed by atoms with E-state index >= 15 is 0 Å². The molecule has 8 heteroatoms. The van der Waals surface area contributed by atoms with Crippen LogP contribution in [0.15, 0.2) is 72.6 Å². The summed E-state index contributed by atoms with van der Waals surface area (Å²) >= 11 is 0. The summed E-state index contributed by atoms with van der Waals surface area (Å²) in [6.45, 7) is 6.87. The number of pyridine rings is 1. The minimum atomic E-state index is -0.869. The van der Waals surface area contributed by atoms with Crippen molar-refractivity contribution in [3.8, 4) is 17.2 Å². The summed E-state index contributed by atoms with van der Waals surface area (Å²) in [6.07, 6.45) is 3.16. The highest BCUT2D eigenvalue weighted by atomic mass is 16.5. The first-order valence-electron chi connectivity index (χ1n) is 11.8. The molecule has 1 unspecified atom stereocenters. The fourth-order valence-electron chi connectivity index (χ4n) is 4.20. The first kappa shape index (κ1) is 24.8. The zero-order chi connectivity index (χ0) is 25.7. The highest BCUT2D eigenvalue weighted by Gasteiger charge is 2.47. The Morgan fingerprint density at radius 1 is 0.861 bits per heavy atom. The maximum Gasteiger partial charge on any atom is 0.300 e. The molecule has 1 aliphatic rings. The van der Waals surface area contributed by atoms with Crippen LogP contribution in [0.3, 0.4) is 0 Å². The van der Waals surface area contributed by atoms with Gasteiger partial charge in [0.15, 0.2) is 0 Å². The molecule has 186 valence electrons. The van der Waals surface area contributed by atoms with E-state index in [1.165, 1.54) is 4.90 Å². The van der Waals surface area contributed by atoms with Gasteiger partial charge in [-0.15, -0.1) is 0 Å². The van der Waals surface area contributed by atoms with Gasteiger partial charge in [0.05, 0.1) is 37.0 Å². The molecule has 1 aromatic heterocycles. The number of carbonyl (C=O) groups is 2. The van der Waals surface area contributed by atoms with E-state index in [4.69, 9.17) is 14.2 Å². The molecule has 1 fully saturated rings. The number of amides is 1. The Morgan fingerprint density at radius 3 is 2.11 bits per heavy atom. The van der Waals surface area contributed by atoms with E-state index in [1.807, 2.05) is 20.8 Å². The van der Waals surface area contributed by atoms with Gasteiger partial charge in [-0.2, -0.15) is 0 Å². The Bertz CT molecular complexity index is 1270. The number of aromatic nitrogens is 1. The van der Waals surface area contributed by atoms with Crippen molar-refractivity contribution in [2.75, 3.05) is 24.7 Å². The Labute approximate surface area is 209 Å². The molecule has 8 nitrogen and oxygen atoms in total. The Kier molecular flexibility index (Phi) is 7.53. The average molecular weight is 489 g/mol. The van der Waals surface area contributed by atoms with Gasteiger partial charge >= 0.3 is 0 Å². The second kappa shape index (κ2) is 10.9. The van der Waals surface area contributed by atoms with E-state index in [-0.39, 0.29) is 11.3 Å². The van der Waals surface area contributed by atoms with Crippen LogP contribution in [0.25, 0.3) is 5.76 Å². The summed E-state index contributed by atoms with van der Waals surface area (Å²) in [4.78, 5) is 32.2. The van der Waals surface area contributed by atoms with Crippen molar-refractivity contribution in [1.82, 2.24) is 4.98 Å². The van der Waals surface area contributed by atoms with Crippen molar-refractivity contribution in [3.05, 3.63) is 83.7 Å². The van der Waals surface area contributed by atoms with Crippen LogP contribution >= 0.6 is 0 Å². The number of Topliss-reactive ketones (excluding diaryl/α,β-unsaturated/α-hetero) is 1. The van der Waals surface area contributed by atoms with E-state index in [0.717, 1.165) is 0 Å². The molecule has 1 saturated heterocycles. The summed E-state index contributed by atoms with van der Waals surface area (Å²) in [5.41, 5.74) is 1.39. The molecule has 3 aromatic rings.